The zero-order valence-electron chi connectivity index (χ0n) is 16.4. The highest BCUT2D eigenvalue weighted by atomic mass is 79.9. The average molecular weight is 551 g/mol. The molecule has 0 saturated heterocycles. The van der Waals surface area contributed by atoms with Crippen molar-refractivity contribution in [3.63, 3.8) is 0 Å². The highest BCUT2D eigenvalue weighted by Gasteiger charge is 2.14. The van der Waals surface area contributed by atoms with Gasteiger partial charge in [-0.05, 0) is 82.7 Å². The highest BCUT2D eigenvalue weighted by Crippen LogP contribution is 2.32. The van der Waals surface area contributed by atoms with Gasteiger partial charge in [-0.2, -0.15) is 0 Å². The maximum Gasteiger partial charge on any atom is 0.258 e. The van der Waals surface area contributed by atoms with E-state index in [1.165, 1.54) is 6.07 Å². The van der Waals surface area contributed by atoms with E-state index in [1.807, 2.05) is 18.2 Å². The number of benzene rings is 3. The van der Waals surface area contributed by atoms with Gasteiger partial charge < -0.3 is 14.5 Å². The Labute approximate surface area is 207 Å². The van der Waals surface area contributed by atoms with Crippen molar-refractivity contribution in [1.29, 1.82) is 0 Å². The van der Waals surface area contributed by atoms with Crippen LogP contribution in [0.1, 0.15) is 10.4 Å². The molecule has 1 amide bonds. The lowest BCUT2D eigenvalue weighted by atomic mass is 10.2. The fraction of sp³-hybridized carbons (Fsp3) is 0.0455. The van der Waals surface area contributed by atoms with Crippen LogP contribution in [0.3, 0.4) is 0 Å². The molecule has 0 aliphatic heterocycles. The van der Waals surface area contributed by atoms with E-state index in [4.69, 9.17) is 44.6 Å². The maximum absolute atomic E-state index is 12.4. The summed E-state index contributed by atoms with van der Waals surface area (Å²) < 4.78 is 11.9. The second-order valence-electron chi connectivity index (χ2n) is 6.58. The highest BCUT2D eigenvalue weighted by molar-refractivity contribution is 9.10. The number of carbonyl (C=O) groups excluding carboxylic acids is 1. The summed E-state index contributed by atoms with van der Waals surface area (Å²) in [6.07, 6.45) is 0. The smallest absolute Gasteiger partial charge is 0.258 e. The van der Waals surface area contributed by atoms with Crippen LogP contribution in [0.4, 0.5) is 5.69 Å². The molecule has 162 valence electrons. The minimum absolute atomic E-state index is 0.105. The van der Waals surface area contributed by atoms with Gasteiger partial charge in [-0.1, -0.05) is 23.2 Å². The summed E-state index contributed by atoms with van der Waals surface area (Å²) in [4.78, 5) is 17.0. The second-order valence-corrected chi connectivity index (χ2v) is 8.69. The van der Waals surface area contributed by atoms with Crippen LogP contribution in [-0.2, 0) is 0 Å². The number of fused-ring (bicyclic) bond motifs is 1. The first-order valence-corrected chi connectivity index (χ1v) is 11.1. The van der Waals surface area contributed by atoms with Crippen LogP contribution in [0.25, 0.3) is 22.6 Å². The Morgan fingerprint density at radius 3 is 2.69 bits per heavy atom. The number of methoxy groups -OCH3 is 1. The largest absolute Gasteiger partial charge is 0.496 e. The normalized spacial score (nSPS) is 10.8. The van der Waals surface area contributed by atoms with Crippen LogP contribution in [0.2, 0.25) is 10.0 Å². The van der Waals surface area contributed by atoms with Gasteiger partial charge >= 0.3 is 0 Å². The lowest BCUT2D eigenvalue weighted by molar-refractivity contribution is 0.0978. The minimum atomic E-state index is -0.468. The Bertz CT molecular complexity index is 1360. The molecule has 0 radical (unpaired) electrons. The van der Waals surface area contributed by atoms with Crippen LogP contribution in [0.15, 0.2) is 63.5 Å². The summed E-state index contributed by atoms with van der Waals surface area (Å²) in [5.41, 5.74) is 2.90. The third-order valence-corrected chi connectivity index (χ3v) is 5.83. The van der Waals surface area contributed by atoms with Gasteiger partial charge in [-0.15, -0.1) is 0 Å². The second kappa shape index (κ2) is 9.46. The molecule has 0 atom stereocenters. The Hall–Kier alpha value is -2.65. The molecule has 4 rings (SSSR count). The lowest BCUT2D eigenvalue weighted by Gasteiger charge is -2.10. The Kier molecular flexibility index (Phi) is 6.66. The maximum atomic E-state index is 12.4. The third-order valence-electron chi connectivity index (χ3n) is 4.44. The molecule has 0 aliphatic carbocycles. The predicted octanol–water partition coefficient (Wildman–Crippen LogP) is 6.70. The van der Waals surface area contributed by atoms with E-state index >= 15 is 0 Å². The zero-order chi connectivity index (χ0) is 22.8. The molecule has 0 aliphatic rings. The number of aromatic nitrogens is 1. The standard InChI is InChI=1S/C22H14BrCl2N3O3S/c1-30-18-6-2-11(8-15(18)23)21-27-17-10-13(4-7-19(17)31-21)26-22(32)28-20(29)14-9-12(24)3-5-16(14)25/h2-10H,1H3,(H2,26,28,29,32). The van der Waals surface area contributed by atoms with Crippen molar-refractivity contribution in [2.75, 3.05) is 12.4 Å². The van der Waals surface area contributed by atoms with Crippen molar-refractivity contribution in [2.45, 2.75) is 0 Å². The van der Waals surface area contributed by atoms with Crippen LogP contribution < -0.4 is 15.4 Å². The van der Waals surface area contributed by atoms with E-state index in [9.17, 15) is 4.79 Å². The number of hydrogen-bond donors (Lipinski definition) is 2. The molecule has 0 bridgehead atoms. The van der Waals surface area contributed by atoms with E-state index in [1.54, 1.807) is 37.4 Å². The van der Waals surface area contributed by atoms with Crippen LogP contribution >= 0.6 is 51.3 Å². The fourth-order valence-electron chi connectivity index (χ4n) is 2.93. The first kappa shape index (κ1) is 22.5. The summed E-state index contributed by atoms with van der Waals surface area (Å²) in [6, 6.07) is 15.5. The molecule has 6 nitrogen and oxygen atoms in total. The molecule has 32 heavy (non-hydrogen) atoms. The van der Waals surface area contributed by atoms with Crippen LogP contribution in [0.5, 0.6) is 5.75 Å². The number of carbonyl (C=O) groups is 1. The van der Waals surface area contributed by atoms with E-state index in [0.717, 1.165) is 10.0 Å². The van der Waals surface area contributed by atoms with Crippen molar-refractivity contribution < 1.29 is 13.9 Å². The van der Waals surface area contributed by atoms with Crippen LogP contribution in [0, 0.1) is 0 Å². The SMILES string of the molecule is COc1ccc(-c2nc3cc(NC(=S)NC(=O)c4cc(Cl)ccc4Cl)ccc3o2)cc1Br. The van der Waals surface area contributed by atoms with Gasteiger partial charge in [0.15, 0.2) is 10.7 Å². The van der Waals surface area contributed by atoms with E-state index in [2.05, 4.69) is 31.5 Å². The molecule has 0 saturated carbocycles. The van der Waals surface area contributed by atoms with Gasteiger partial charge in [0.1, 0.15) is 11.3 Å². The molecular weight excluding hydrogens is 537 g/mol. The number of nitrogens with one attached hydrogen (secondary N) is 2. The summed E-state index contributed by atoms with van der Waals surface area (Å²) in [5.74, 6) is 0.711. The van der Waals surface area contributed by atoms with Gasteiger partial charge in [-0.3, -0.25) is 10.1 Å². The lowest BCUT2D eigenvalue weighted by Crippen LogP contribution is -2.34. The monoisotopic (exact) mass is 549 g/mol. The molecule has 1 heterocycles. The molecule has 4 aromatic rings. The molecule has 0 spiro atoms. The number of thiocarbonyl (C=S) groups is 1. The quantitative estimate of drug-likeness (QED) is 0.275. The number of oxazole rings is 1. The van der Waals surface area contributed by atoms with Crippen molar-refractivity contribution in [1.82, 2.24) is 10.3 Å². The Balaban J connectivity index is 1.50. The van der Waals surface area contributed by atoms with Crippen molar-refractivity contribution in [3.05, 3.63) is 74.7 Å². The van der Waals surface area contributed by atoms with Crippen LogP contribution in [-0.4, -0.2) is 23.1 Å². The zero-order valence-corrected chi connectivity index (χ0v) is 20.3. The molecule has 0 unspecified atom stereocenters. The first-order chi connectivity index (χ1) is 15.3. The summed E-state index contributed by atoms with van der Waals surface area (Å²) in [7, 11) is 1.60. The number of halogens is 3. The number of amides is 1. The van der Waals surface area contributed by atoms with Gasteiger partial charge in [0.25, 0.3) is 5.91 Å². The van der Waals surface area contributed by atoms with Gasteiger partial charge in [0, 0.05) is 16.3 Å². The average Bonchev–Trinajstić information content (AvgIpc) is 3.18. The summed E-state index contributed by atoms with van der Waals surface area (Å²) >= 11 is 20.7. The molecule has 3 aromatic carbocycles. The predicted molar refractivity (Wildman–Crippen MR) is 134 cm³/mol. The number of rotatable bonds is 4. The molecule has 2 N–H and O–H groups in total. The topological polar surface area (TPSA) is 76.4 Å². The van der Waals surface area contributed by atoms with E-state index in [-0.39, 0.29) is 15.7 Å². The van der Waals surface area contributed by atoms with Crippen molar-refractivity contribution >= 4 is 79.2 Å². The summed E-state index contributed by atoms with van der Waals surface area (Å²) in [6.45, 7) is 0. The molecule has 0 fully saturated rings. The molecule has 10 heteroatoms. The number of nitrogens with zero attached hydrogens (tertiary/aromatic N) is 1. The number of hydrogen-bond acceptors (Lipinski definition) is 5. The Morgan fingerprint density at radius 2 is 1.94 bits per heavy atom. The third kappa shape index (κ3) is 4.88. The van der Waals surface area contributed by atoms with Gasteiger partial charge in [0.2, 0.25) is 5.89 Å². The van der Waals surface area contributed by atoms with Gasteiger partial charge in [0.05, 0.1) is 22.2 Å². The van der Waals surface area contributed by atoms with E-state index < -0.39 is 5.91 Å². The molecule has 1 aromatic heterocycles. The molecular formula is C22H14BrCl2N3O3S. The van der Waals surface area contributed by atoms with Crippen molar-refractivity contribution in [3.8, 4) is 17.2 Å². The fourth-order valence-corrected chi connectivity index (χ4v) is 4.06. The number of ether oxygens (including phenoxy) is 1. The minimum Gasteiger partial charge on any atom is -0.496 e. The first-order valence-electron chi connectivity index (χ1n) is 9.16. The number of anilines is 1. The van der Waals surface area contributed by atoms with Gasteiger partial charge in [-0.25, -0.2) is 4.98 Å². The van der Waals surface area contributed by atoms with Crippen molar-refractivity contribution in [2.24, 2.45) is 0 Å². The Morgan fingerprint density at radius 1 is 1.12 bits per heavy atom. The van der Waals surface area contributed by atoms with E-state index in [0.29, 0.717) is 33.4 Å². The summed E-state index contributed by atoms with van der Waals surface area (Å²) in [5, 5.41) is 6.32.